The molecule has 2 nitrogen and oxygen atoms in total. The number of nitrogens with zero attached hydrogens (tertiary/aromatic N) is 2. The van der Waals surface area contributed by atoms with E-state index in [-0.39, 0.29) is 0 Å². The summed E-state index contributed by atoms with van der Waals surface area (Å²) in [4.78, 5) is 4.46. The minimum atomic E-state index is 0.869. The van der Waals surface area contributed by atoms with Gasteiger partial charge in [0.25, 0.3) is 0 Å². The summed E-state index contributed by atoms with van der Waals surface area (Å²) in [6.45, 7) is 4.97. The normalized spacial score (nSPS) is 16.2. The van der Waals surface area contributed by atoms with E-state index < -0.39 is 0 Å². The summed E-state index contributed by atoms with van der Waals surface area (Å²) in [6.07, 6.45) is 10.5. The van der Waals surface area contributed by atoms with E-state index in [4.69, 9.17) is 0 Å². The van der Waals surface area contributed by atoms with E-state index in [2.05, 4.69) is 71.6 Å². The third-order valence-corrected chi connectivity index (χ3v) is 2.78. The van der Waals surface area contributed by atoms with Gasteiger partial charge in [0.1, 0.15) is 0 Å². The molecule has 0 fully saturated rings. The van der Waals surface area contributed by atoms with Gasteiger partial charge in [-0.1, -0.05) is 30.4 Å². The van der Waals surface area contributed by atoms with Crippen molar-refractivity contribution >= 4 is 5.69 Å². The zero-order valence-corrected chi connectivity index (χ0v) is 10.4. The van der Waals surface area contributed by atoms with E-state index in [1.54, 1.807) is 0 Å². The summed E-state index contributed by atoms with van der Waals surface area (Å²) in [6, 6.07) is 10.4. The van der Waals surface area contributed by atoms with E-state index in [0.29, 0.717) is 0 Å². The Bertz CT molecular complexity index is 443. The second-order valence-corrected chi connectivity index (χ2v) is 3.93. The van der Waals surface area contributed by atoms with Crippen molar-refractivity contribution in [2.24, 2.45) is 0 Å². The fraction of sp³-hybridized carbons (Fsp3) is 0.200. The largest absolute Gasteiger partial charge is 0.328 e. The molecule has 1 aromatic rings. The smallest absolute Gasteiger partial charge is 0.0989 e. The van der Waals surface area contributed by atoms with Gasteiger partial charge in [0.15, 0.2) is 0 Å². The van der Waals surface area contributed by atoms with Gasteiger partial charge in [-0.15, -0.1) is 0 Å². The van der Waals surface area contributed by atoms with E-state index >= 15 is 0 Å². The van der Waals surface area contributed by atoms with Gasteiger partial charge in [-0.2, -0.15) is 0 Å². The summed E-state index contributed by atoms with van der Waals surface area (Å²) in [7, 11) is 0. The van der Waals surface area contributed by atoms with E-state index in [0.717, 1.165) is 6.67 Å². The molecule has 0 radical (unpaired) electrons. The van der Waals surface area contributed by atoms with Crippen molar-refractivity contribution in [1.29, 1.82) is 0 Å². The third kappa shape index (κ3) is 2.59. The number of rotatable bonds is 3. The fourth-order valence-electron chi connectivity index (χ4n) is 1.90. The van der Waals surface area contributed by atoms with Gasteiger partial charge in [-0.05, 0) is 32.1 Å². The monoisotopic (exact) mass is 226 g/mol. The molecule has 1 aliphatic heterocycles. The van der Waals surface area contributed by atoms with E-state index in [1.165, 1.54) is 11.4 Å². The lowest BCUT2D eigenvalue weighted by Gasteiger charge is -2.22. The Morgan fingerprint density at radius 3 is 2.53 bits per heavy atom. The molecule has 0 aromatic heterocycles. The quantitative estimate of drug-likeness (QED) is 0.725. The highest BCUT2D eigenvalue weighted by atomic mass is 15.3. The molecule has 0 bridgehead atoms. The molecule has 0 N–H and O–H groups in total. The average Bonchev–Trinajstić information content (AvgIpc) is 2.86. The molecule has 0 spiro atoms. The summed E-state index contributed by atoms with van der Waals surface area (Å²) in [5, 5.41) is 0. The SMILES string of the molecule is C/C=C\C(=C/C)N1C=CN(c2ccccc2)C1. The number of anilines is 1. The molecule has 2 heteroatoms. The van der Waals surface area contributed by atoms with Crippen molar-refractivity contribution in [2.75, 3.05) is 11.6 Å². The van der Waals surface area contributed by atoms with Crippen LogP contribution in [-0.4, -0.2) is 11.6 Å². The Hall–Kier alpha value is -1.96. The Labute approximate surface area is 103 Å². The van der Waals surface area contributed by atoms with Crippen molar-refractivity contribution in [1.82, 2.24) is 4.90 Å². The molecule has 1 aromatic carbocycles. The van der Waals surface area contributed by atoms with E-state index in [1.807, 2.05) is 13.0 Å². The minimum Gasteiger partial charge on any atom is -0.328 e. The maximum Gasteiger partial charge on any atom is 0.0989 e. The van der Waals surface area contributed by atoms with Gasteiger partial charge in [-0.3, -0.25) is 0 Å². The van der Waals surface area contributed by atoms with Gasteiger partial charge < -0.3 is 9.80 Å². The number of allylic oxidation sites excluding steroid dienone is 3. The summed E-state index contributed by atoms with van der Waals surface area (Å²) >= 11 is 0. The Balaban J connectivity index is 2.09. The number of hydrogen-bond acceptors (Lipinski definition) is 2. The number of hydrogen-bond donors (Lipinski definition) is 0. The van der Waals surface area contributed by atoms with Gasteiger partial charge in [0, 0.05) is 23.8 Å². The number of benzene rings is 1. The highest BCUT2D eigenvalue weighted by molar-refractivity contribution is 5.50. The molecule has 0 saturated carbocycles. The molecule has 17 heavy (non-hydrogen) atoms. The fourth-order valence-corrected chi connectivity index (χ4v) is 1.90. The maximum absolute atomic E-state index is 2.23. The Kier molecular flexibility index (Phi) is 3.66. The lowest BCUT2D eigenvalue weighted by Crippen LogP contribution is -2.23. The molecule has 1 aliphatic rings. The molecule has 0 unspecified atom stereocenters. The number of para-hydroxylation sites is 1. The van der Waals surface area contributed by atoms with Crippen LogP contribution in [0.5, 0.6) is 0 Å². The van der Waals surface area contributed by atoms with Crippen LogP contribution in [0, 0.1) is 0 Å². The molecule has 0 atom stereocenters. The third-order valence-electron chi connectivity index (χ3n) is 2.78. The van der Waals surface area contributed by atoms with Gasteiger partial charge in [0.2, 0.25) is 0 Å². The molecule has 0 aliphatic carbocycles. The first kappa shape index (κ1) is 11.5. The average molecular weight is 226 g/mol. The Morgan fingerprint density at radius 1 is 1.12 bits per heavy atom. The summed E-state index contributed by atoms with van der Waals surface area (Å²) < 4.78 is 0. The second-order valence-electron chi connectivity index (χ2n) is 3.93. The predicted octanol–water partition coefficient (Wildman–Crippen LogP) is 3.72. The summed E-state index contributed by atoms with van der Waals surface area (Å²) in [5.41, 5.74) is 2.45. The molecule has 1 heterocycles. The summed E-state index contributed by atoms with van der Waals surface area (Å²) in [5.74, 6) is 0. The Morgan fingerprint density at radius 2 is 1.88 bits per heavy atom. The lowest BCUT2D eigenvalue weighted by molar-refractivity contribution is 0.517. The zero-order valence-electron chi connectivity index (χ0n) is 10.4. The van der Waals surface area contributed by atoms with Crippen molar-refractivity contribution in [3.8, 4) is 0 Å². The van der Waals surface area contributed by atoms with Crippen LogP contribution in [0.2, 0.25) is 0 Å². The van der Waals surface area contributed by atoms with Crippen molar-refractivity contribution in [3.63, 3.8) is 0 Å². The van der Waals surface area contributed by atoms with Crippen LogP contribution in [-0.2, 0) is 0 Å². The van der Waals surface area contributed by atoms with Crippen LogP contribution < -0.4 is 4.90 Å². The molecule has 2 rings (SSSR count). The van der Waals surface area contributed by atoms with Crippen molar-refractivity contribution in [2.45, 2.75) is 13.8 Å². The van der Waals surface area contributed by atoms with Crippen LogP contribution >= 0.6 is 0 Å². The standard InChI is InChI=1S/C15H18N2/c1-3-8-14(4-2)16-11-12-17(13-16)15-9-6-5-7-10-15/h3-12H,13H2,1-2H3/b8-3-,14-4+. The molecular weight excluding hydrogens is 208 g/mol. The van der Waals surface area contributed by atoms with Crippen molar-refractivity contribution in [3.05, 3.63) is 66.7 Å². The van der Waals surface area contributed by atoms with Crippen molar-refractivity contribution < 1.29 is 0 Å². The van der Waals surface area contributed by atoms with Gasteiger partial charge in [-0.25, -0.2) is 0 Å². The first-order chi connectivity index (χ1) is 8.35. The second kappa shape index (κ2) is 5.39. The van der Waals surface area contributed by atoms with Crippen LogP contribution in [0.15, 0.2) is 66.7 Å². The predicted molar refractivity (Wildman–Crippen MR) is 73.3 cm³/mol. The van der Waals surface area contributed by atoms with Crippen LogP contribution in [0.25, 0.3) is 0 Å². The zero-order chi connectivity index (χ0) is 12.1. The highest BCUT2D eigenvalue weighted by Gasteiger charge is 2.14. The van der Waals surface area contributed by atoms with Gasteiger partial charge in [0.05, 0.1) is 6.67 Å². The topological polar surface area (TPSA) is 6.48 Å². The van der Waals surface area contributed by atoms with Crippen LogP contribution in [0.3, 0.4) is 0 Å². The van der Waals surface area contributed by atoms with Crippen LogP contribution in [0.1, 0.15) is 13.8 Å². The molecule has 0 amide bonds. The van der Waals surface area contributed by atoms with E-state index in [9.17, 15) is 0 Å². The minimum absolute atomic E-state index is 0.869. The lowest BCUT2D eigenvalue weighted by atomic mass is 10.3. The molecule has 88 valence electrons. The molecule has 0 saturated heterocycles. The maximum atomic E-state index is 2.23. The van der Waals surface area contributed by atoms with Crippen LogP contribution in [0.4, 0.5) is 5.69 Å². The highest BCUT2D eigenvalue weighted by Crippen LogP contribution is 2.21. The first-order valence-electron chi connectivity index (χ1n) is 5.91. The first-order valence-corrected chi connectivity index (χ1v) is 5.91. The molecular formula is C15H18N2. The van der Waals surface area contributed by atoms with Gasteiger partial charge >= 0.3 is 0 Å².